The molecule has 4 atom stereocenters. The standard InChI is InChI=1S/C27H40O5Si/c1-21(24(30-20-29-5)18-25-26(19-28)32-25)16-17-31-33(27(2,3)4,22-12-8-6-9-13-22)23-14-10-7-11-15-23/h6-15,21,24-26,28H,16-20H2,1-5H3/t21-,24+,25-,26-/m0/s1. The van der Waals surface area contributed by atoms with Crippen molar-refractivity contribution < 1.29 is 23.7 Å². The summed E-state index contributed by atoms with van der Waals surface area (Å²) in [6, 6.07) is 21.5. The maximum Gasteiger partial charge on any atom is 0.261 e. The predicted molar refractivity (Wildman–Crippen MR) is 134 cm³/mol. The highest BCUT2D eigenvalue weighted by Gasteiger charge is 2.50. The van der Waals surface area contributed by atoms with Crippen LogP contribution in [-0.4, -0.2) is 58.9 Å². The average molecular weight is 473 g/mol. The summed E-state index contributed by atoms with van der Waals surface area (Å²) in [6.45, 7) is 10.1. The van der Waals surface area contributed by atoms with Crippen LogP contribution in [0.15, 0.2) is 60.7 Å². The lowest BCUT2D eigenvalue weighted by atomic mass is 9.96. The molecule has 33 heavy (non-hydrogen) atoms. The van der Waals surface area contributed by atoms with E-state index < -0.39 is 8.32 Å². The smallest absolute Gasteiger partial charge is 0.261 e. The Morgan fingerprint density at radius 2 is 1.55 bits per heavy atom. The van der Waals surface area contributed by atoms with Crippen molar-refractivity contribution in [2.75, 3.05) is 27.1 Å². The molecule has 3 rings (SSSR count). The van der Waals surface area contributed by atoms with Gasteiger partial charge in [0.2, 0.25) is 0 Å². The van der Waals surface area contributed by atoms with Crippen LogP contribution in [-0.2, 0) is 18.6 Å². The van der Waals surface area contributed by atoms with Crippen LogP contribution in [0, 0.1) is 5.92 Å². The Kier molecular flexibility index (Phi) is 9.27. The van der Waals surface area contributed by atoms with Crippen LogP contribution in [0.2, 0.25) is 5.04 Å². The quantitative estimate of drug-likeness (QED) is 0.273. The molecule has 0 aliphatic carbocycles. The van der Waals surface area contributed by atoms with E-state index in [1.54, 1.807) is 7.11 Å². The van der Waals surface area contributed by atoms with Gasteiger partial charge in [-0.2, -0.15) is 0 Å². The Hall–Kier alpha value is -1.54. The van der Waals surface area contributed by atoms with Crippen molar-refractivity contribution in [1.29, 1.82) is 0 Å². The summed E-state index contributed by atoms with van der Waals surface area (Å²) in [5.41, 5.74) is 0. The van der Waals surface area contributed by atoms with Crippen LogP contribution in [0.25, 0.3) is 0 Å². The lowest BCUT2D eigenvalue weighted by molar-refractivity contribution is -0.0952. The third-order valence-corrected chi connectivity index (χ3v) is 11.7. The number of methoxy groups -OCH3 is 1. The van der Waals surface area contributed by atoms with Gasteiger partial charge in [-0.15, -0.1) is 0 Å². The van der Waals surface area contributed by atoms with E-state index in [4.69, 9.17) is 18.6 Å². The second-order valence-electron chi connectivity index (χ2n) is 10.0. The van der Waals surface area contributed by atoms with Crippen LogP contribution < -0.4 is 10.4 Å². The van der Waals surface area contributed by atoms with Crippen molar-refractivity contribution in [3.05, 3.63) is 60.7 Å². The van der Waals surface area contributed by atoms with Gasteiger partial charge < -0.3 is 23.7 Å². The van der Waals surface area contributed by atoms with E-state index in [-0.39, 0.29) is 42.7 Å². The molecular formula is C27H40O5Si. The minimum atomic E-state index is -2.54. The van der Waals surface area contributed by atoms with Gasteiger partial charge in [-0.05, 0) is 27.8 Å². The number of benzene rings is 2. The number of hydrogen-bond donors (Lipinski definition) is 1. The summed E-state index contributed by atoms with van der Waals surface area (Å²) in [5, 5.41) is 11.9. The fourth-order valence-corrected chi connectivity index (χ4v) is 9.32. The molecule has 0 saturated carbocycles. The number of rotatable bonds is 13. The van der Waals surface area contributed by atoms with Crippen LogP contribution in [0.5, 0.6) is 0 Å². The maximum absolute atomic E-state index is 9.32. The topological polar surface area (TPSA) is 60.5 Å². The summed E-state index contributed by atoms with van der Waals surface area (Å²) in [5.74, 6) is 0.266. The molecule has 0 amide bonds. The predicted octanol–water partition coefficient (Wildman–Crippen LogP) is 3.73. The van der Waals surface area contributed by atoms with Gasteiger partial charge in [0.1, 0.15) is 12.9 Å². The van der Waals surface area contributed by atoms with Crippen LogP contribution in [0.1, 0.15) is 40.5 Å². The Labute approximate surface area is 200 Å². The van der Waals surface area contributed by atoms with Crippen molar-refractivity contribution in [1.82, 2.24) is 0 Å². The molecule has 1 aliphatic rings. The first-order valence-corrected chi connectivity index (χ1v) is 13.9. The molecular weight excluding hydrogens is 432 g/mol. The highest BCUT2D eigenvalue weighted by atomic mass is 28.4. The first kappa shape index (κ1) is 26.1. The van der Waals surface area contributed by atoms with Gasteiger partial charge in [0.15, 0.2) is 0 Å². The summed E-state index contributed by atoms with van der Waals surface area (Å²) < 4.78 is 23.7. The van der Waals surface area contributed by atoms with Crippen molar-refractivity contribution >= 4 is 18.7 Å². The monoisotopic (exact) mass is 472 g/mol. The summed E-state index contributed by atoms with van der Waals surface area (Å²) in [7, 11) is -0.899. The summed E-state index contributed by atoms with van der Waals surface area (Å²) in [6.07, 6.45) is 1.63. The van der Waals surface area contributed by atoms with Crippen LogP contribution in [0.4, 0.5) is 0 Å². The molecule has 1 saturated heterocycles. The van der Waals surface area contributed by atoms with Gasteiger partial charge in [-0.1, -0.05) is 88.4 Å². The number of ether oxygens (including phenoxy) is 3. The lowest BCUT2D eigenvalue weighted by Gasteiger charge is -2.43. The number of hydrogen-bond acceptors (Lipinski definition) is 5. The zero-order chi connectivity index (χ0) is 23.9. The fraction of sp³-hybridized carbons (Fsp3) is 0.556. The highest BCUT2D eigenvalue weighted by Crippen LogP contribution is 2.37. The Bertz CT molecular complexity index is 784. The summed E-state index contributed by atoms with van der Waals surface area (Å²) >= 11 is 0. The van der Waals surface area contributed by atoms with Gasteiger partial charge >= 0.3 is 0 Å². The third kappa shape index (κ3) is 6.32. The summed E-state index contributed by atoms with van der Waals surface area (Å²) in [4.78, 5) is 0. The van der Waals surface area contributed by atoms with Crippen LogP contribution >= 0.6 is 0 Å². The van der Waals surface area contributed by atoms with Crippen molar-refractivity contribution in [2.24, 2.45) is 5.92 Å². The molecule has 6 heteroatoms. The van der Waals surface area contributed by atoms with Gasteiger partial charge in [-0.25, -0.2) is 0 Å². The molecule has 182 valence electrons. The van der Waals surface area contributed by atoms with Crippen molar-refractivity contribution in [2.45, 2.75) is 63.9 Å². The molecule has 1 N–H and O–H groups in total. The third-order valence-electron chi connectivity index (χ3n) is 6.68. The normalized spacial score (nSPS) is 20.4. The highest BCUT2D eigenvalue weighted by molar-refractivity contribution is 6.99. The van der Waals surface area contributed by atoms with Crippen LogP contribution in [0.3, 0.4) is 0 Å². The zero-order valence-corrected chi connectivity index (χ0v) is 21.7. The maximum atomic E-state index is 9.32. The van der Waals surface area contributed by atoms with E-state index in [9.17, 15) is 5.11 Å². The molecule has 0 spiro atoms. The lowest BCUT2D eigenvalue weighted by Crippen LogP contribution is -2.66. The molecule has 0 bridgehead atoms. The van der Waals surface area contributed by atoms with E-state index in [1.165, 1.54) is 10.4 Å². The molecule has 0 aromatic heterocycles. The van der Waals surface area contributed by atoms with Crippen molar-refractivity contribution in [3.8, 4) is 0 Å². The molecule has 1 aliphatic heterocycles. The largest absolute Gasteiger partial charge is 0.407 e. The van der Waals surface area contributed by atoms with Gasteiger partial charge in [0.25, 0.3) is 8.32 Å². The van der Waals surface area contributed by atoms with Gasteiger partial charge in [0.05, 0.1) is 18.8 Å². The number of epoxide rings is 1. The van der Waals surface area contributed by atoms with E-state index in [0.717, 1.165) is 12.8 Å². The second-order valence-corrected chi connectivity index (χ2v) is 14.3. The zero-order valence-electron chi connectivity index (χ0n) is 20.7. The van der Waals surface area contributed by atoms with Crippen molar-refractivity contribution in [3.63, 3.8) is 0 Å². The minimum Gasteiger partial charge on any atom is -0.407 e. The molecule has 1 fully saturated rings. The fourth-order valence-electron chi connectivity index (χ4n) is 4.74. The van der Waals surface area contributed by atoms with Gasteiger partial charge in [0, 0.05) is 20.1 Å². The van der Waals surface area contributed by atoms with E-state index >= 15 is 0 Å². The molecule has 5 nitrogen and oxygen atoms in total. The Morgan fingerprint density at radius 3 is 2.00 bits per heavy atom. The Morgan fingerprint density at radius 1 is 0.970 bits per heavy atom. The number of aliphatic hydroxyl groups excluding tert-OH is 1. The first-order valence-electron chi connectivity index (χ1n) is 12.0. The SMILES string of the molecule is COCO[C@H](C[C@@H]1O[C@H]1CO)[C@@H](C)CCO[Si](c1ccccc1)(c1ccccc1)C(C)(C)C. The minimum absolute atomic E-state index is 0.00532. The molecule has 1 heterocycles. The molecule has 0 unspecified atom stereocenters. The molecule has 2 aromatic carbocycles. The molecule has 0 radical (unpaired) electrons. The van der Waals surface area contributed by atoms with E-state index in [1.807, 2.05) is 0 Å². The van der Waals surface area contributed by atoms with Gasteiger partial charge in [-0.3, -0.25) is 0 Å². The number of aliphatic hydroxyl groups is 1. The van der Waals surface area contributed by atoms with E-state index in [2.05, 4.69) is 88.4 Å². The second kappa shape index (κ2) is 11.7. The molecule has 2 aromatic rings. The Balaban J connectivity index is 1.78. The first-order chi connectivity index (χ1) is 15.8. The average Bonchev–Trinajstić information content (AvgIpc) is 3.58. The van der Waals surface area contributed by atoms with E-state index in [0.29, 0.717) is 6.61 Å².